The Kier molecular flexibility index (Phi) is 5.75. The smallest absolute Gasteiger partial charge is 0.255 e. The van der Waals surface area contributed by atoms with Crippen LogP contribution in [0.3, 0.4) is 0 Å². The molecular weight excluding hydrogens is 383 g/mol. The van der Waals surface area contributed by atoms with E-state index in [9.17, 15) is 14.0 Å². The van der Waals surface area contributed by atoms with Crippen LogP contribution < -0.4 is 10.1 Å². The average molecular weight is 404 g/mol. The molecule has 6 heteroatoms. The lowest BCUT2D eigenvalue weighted by Gasteiger charge is -2.15. The molecule has 30 heavy (non-hydrogen) atoms. The van der Waals surface area contributed by atoms with Gasteiger partial charge in [0.2, 0.25) is 0 Å². The number of nitrogens with one attached hydrogen (secondary N) is 1. The summed E-state index contributed by atoms with van der Waals surface area (Å²) in [7, 11) is 0. The van der Waals surface area contributed by atoms with Gasteiger partial charge >= 0.3 is 0 Å². The second-order valence-corrected chi connectivity index (χ2v) is 7.11. The highest BCUT2D eigenvalue weighted by molar-refractivity contribution is 6.04. The molecule has 0 bridgehead atoms. The third-order valence-corrected chi connectivity index (χ3v) is 4.95. The number of carbonyl (C=O) groups excluding carboxylic acids is 2. The van der Waals surface area contributed by atoms with Gasteiger partial charge in [0.1, 0.15) is 17.3 Å². The van der Waals surface area contributed by atoms with Gasteiger partial charge in [0.05, 0.1) is 0 Å². The number of anilines is 1. The Morgan fingerprint density at radius 1 is 0.767 bits per heavy atom. The Bertz CT molecular complexity index is 1030. The maximum absolute atomic E-state index is 13.0. The Morgan fingerprint density at radius 2 is 1.30 bits per heavy atom. The predicted octanol–water partition coefficient (Wildman–Crippen LogP) is 5.11. The summed E-state index contributed by atoms with van der Waals surface area (Å²) in [5.74, 6) is 0.493. The molecule has 3 aromatic rings. The van der Waals surface area contributed by atoms with Crippen molar-refractivity contribution in [3.63, 3.8) is 0 Å². The molecule has 1 saturated heterocycles. The highest BCUT2D eigenvalue weighted by Gasteiger charge is 2.19. The van der Waals surface area contributed by atoms with E-state index in [2.05, 4.69) is 5.32 Å². The number of carbonyl (C=O) groups is 2. The molecule has 1 N–H and O–H groups in total. The molecule has 0 saturated carbocycles. The van der Waals surface area contributed by atoms with Gasteiger partial charge < -0.3 is 15.0 Å². The summed E-state index contributed by atoms with van der Waals surface area (Å²) in [6.07, 6.45) is 2.10. The van der Waals surface area contributed by atoms with Crippen LogP contribution >= 0.6 is 0 Å². The summed E-state index contributed by atoms with van der Waals surface area (Å²) in [5, 5.41) is 2.82. The lowest BCUT2D eigenvalue weighted by atomic mass is 10.1. The molecule has 1 aliphatic heterocycles. The maximum atomic E-state index is 13.0. The number of rotatable bonds is 5. The van der Waals surface area contributed by atoms with Crippen LogP contribution in [-0.4, -0.2) is 29.8 Å². The Hall–Kier alpha value is -3.67. The zero-order valence-corrected chi connectivity index (χ0v) is 16.3. The number of likely N-dealkylation sites (tertiary alicyclic amines) is 1. The fourth-order valence-electron chi connectivity index (χ4n) is 3.32. The quantitative estimate of drug-likeness (QED) is 0.643. The highest BCUT2D eigenvalue weighted by Crippen LogP contribution is 2.22. The Balaban J connectivity index is 1.36. The third kappa shape index (κ3) is 4.66. The Morgan fingerprint density at radius 3 is 1.90 bits per heavy atom. The zero-order valence-electron chi connectivity index (χ0n) is 16.3. The molecule has 1 aliphatic rings. The first-order chi connectivity index (χ1) is 14.6. The van der Waals surface area contributed by atoms with Crippen molar-refractivity contribution in [1.29, 1.82) is 0 Å². The standard InChI is InChI=1S/C24H21FN2O3/c25-19-7-13-22(14-8-19)30-21-11-5-17(6-12-21)23(28)26-20-9-3-18(4-10-20)24(29)27-15-1-2-16-27/h3-14H,1-2,15-16H2,(H,26,28). The largest absolute Gasteiger partial charge is 0.457 e. The minimum atomic E-state index is -0.331. The molecule has 0 radical (unpaired) electrons. The highest BCUT2D eigenvalue weighted by atomic mass is 19.1. The molecule has 0 aliphatic carbocycles. The fraction of sp³-hybridized carbons (Fsp3) is 0.167. The van der Waals surface area contributed by atoms with Crippen LogP contribution in [0, 0.1) is 5.82 Å². The van der Waals surface area contributed by atoms with Gasteiger partial charge in [-0.2, -0.15) is 0 Å². The van der Waals surface area contributed by atoms with E-state index in [4.69, 9.17) is 4.74 Å². The van der Waals surface area contributed by atoms with E-state index in [0.29, 0.717) is 28.3 Å². The van der Waals surface area contributed by atoms with Crippen molar-refractivity contribution in [2.75, 3.05) is 18.4 Å². The molecule has 2 amide bonds. The molecule has 3 aromatic carbocycles. The number of nitrogens with zero attached hydrogens (tertiary/aromatic N) is 1. The summed E-state index contributed by atoms with van der Waals surface area (Å²) in [5.41, 5.74) is 1.71. The van der Waals surface area contributed by atoms with Crippen molar-refractivity contribution in [1.82, 2.24) is 4.90 Å². The lowest BCUT2D eigenvalue weighted by Crippen LogP contribution is -2.27. The molecule has 0 atom stereocenters. The van der Waals surface area contributed by atoms with E-state index in [1.165, 1.54) is 24.3 Å². The first-order valence-corrected chi connectivity index (χ1v) is 9.83. The van der Waals surface area contributed by atoms with E-state index in [1.807, 2.05) is 4.90 Å². The van der Waals surface area contributed by atoms with Crippen molar-refractivity contribution in [3.05, 3.63) is 89.7 Å². The summed E-state index contributed by atoms with van der Waals surface area (Å²) < 4.78 is 18.6. The normalized spacial score (nSPS) is 13.2. The van der Waals surface area contributed by atoms with Gasteiger partial charge in [0, 0.05) is 29.9 Å². The second kappa shape index (κ2) is 8.78. The number of hydrogen-bond acceptors (Lipinski definition) is 3. The molecule has 5 nitrogen and oxygen atoms in total. The number of halogens is 1. The molecular formula is C24H21FN2O3. The van der Waals surface area contributed by atoms with Gasteiger partial charge in [-0.15, -0.1) is 0 Å². The van der Waals surface area contributed by atoms with E-state index in [0.717, 1.165) is 25.9 Å². The van der Waals surface area contributed by atoms with E-state index in [1.54, 1.807) is 48.5 Å². The van der Waals surface area contributed by atoms with E-state index < -0.39 is 0 Å². The van der Waals surface area contributed by atoms with Gasteiger partial charge in [-0.05, 0) is 85.6 Å². The lowest BCUT2D eigenvalue weighted by molar-refractivity contribution is 0.0792. The minimum Gasteiger partial charge on any atom is -0.457 e. The number of ether oxygens (including phenoxy) is 1. The average Bonchev–Trinajstić information content (AvgIpc) is 3.31. The van der Waals surface area contributed by atoms with Crippen LogP contribution in [-0.2, 0) is 0 Å². The molecule has 0 unspecified atom stereocenters. The second-order valence-electron chi connectivity index (χ2n) is 7.11. The monoisotopic (exact) mass is 404 g/mol. The molecule has 0 aromatic heterocycles. The zero-order chi connectivity index (χ0) is 20.9. The van der Waals surface area contributed by atoms with Crippen molar-refractivity contribution >= 4 is 17.5 Å². The van der Waals surface area contributed by atoms with Gasteiger partial charge in [-0.25, -0.2) is 4.39 Å². The van der Waals surface area contributed by atoms with Crippen molar-refractivity contribution in [2.45, 2.75) is 12.8 Å². The minimum absolute atomic E-state index is 0.0297. The predicted molar refractivity (Wildman–Crippen MR) is 112 cm³/mol. The summed E-state index contributed by atoms with van der Waals surface area (Å²) >= 11 is 0. The summed E-state index contributed by atoms with van der Waals surface area (Å²) in [6.45, 7) is 1.61. The molecule has 152 valence electrons. The first-order valence-electron chi connectivity index (χ1n) is 9.83. The maximum Gasteiger partial charge on any atom is 0.255 e. The van der Waals surface area contributed by atoms with Crippen molar-refractivity contribution in [2.24, 2.45) is 0 Å². The van der Waals surface area contributed by atoms with Crippen LogP contribution in [0.15, 0.2) is 72.8 Å². The number of benzene rings is 3. The fourth-order valence-corrected chi connectivity index (χ4v) is 3.32. The van der Waals surface area contributed by atoms with Gasteiger partial charge in [-0.3, -0.25) is 9.59 Å². The summed E-state index contributed by atoms with van der Waals surface area (Å²) in [4.78, 5) is 26.7. The molecule has 0 spiro atoms. The molecule has 1 fully saturated rings. The molecule has 1 heterocycles. The van der Waals surface area contributed by atoms with Crippen molar-refractivity contribution < 1.29 is 18.7 Å². The van der Waals surface area contributed by atoms with Crippen LogP contribution in [0.4, 0.5) is 10.1 Å². The van der Waals surface area contributed by atoms with Crippen LogP contribution in [0.25, 0.3) is 0 Å². The van der Waals surface area contributed by atoms with Gasteiger partial charge in [0.15, 0.2) is 0 Å². The molecule has 4 rings (SSSR count). The van der Waals surface area contributed by atoms with Crippen LogP contribution in [0.2, 0.25) is 0 Å². The number of amides is 2. The number of hydrogen-bond donors (Lipinski definition) is 1. The Labute approximate surface area is 174 Å². The first kappa shape index (κ1) is 19.6. The summed E-state index contributed by atoms with van der Waals surface area (Å²) in [6, 6.07) is 19.3. The van der Waals surface area contributed by atoms with Gasteiger partial charge in [-0.1, -0.05) is 0 Å². The van der Waals surface area contributed by atoms with Crippen LogP contribution in [0.1, 0.15) is 33.6 Å². The van der Waals surface area contributed by atoms with E-state index >= 15 is 0 Å². The SMILES string of the molecule is O=C(Nc1ccc(C(=O)N2CCCC2)cc1)c1ccc(Oc2ccc(F)cc2)cc1. The van der Waals surface area contributed by atoms with E-state index in [-0.39, 0.29) is 17.6 Å². The third-order valence-electron chi connectivity index (χ3n) is 4.95. The van der Waals surface area contributed by atoms with Crippen LogP contribution in [0.5, 0.6) is 11.5 Å². The van der Waals surface area contributed by atoms with Gasteiger partial charge in [0.25, 0.3) is 11.8 Å². The topological polar surface area (TPSA) is 58.6 Å². The van der Waals surface area contributed by atoms with Crippen molar-refractivity contribution in [3.8, 4) is 11.5 Å².